The molecule has 29 heavy (non-hydrogen) atoms. The molecule has 0 fully saturated rings. The molecule has 0 bridgehead atoms. The molecule has 0 aliphatic rings. The Morgan fingerprint density at radius 2 is 1.48 bits per heavy atom. The predicted octanol–water partition coefficient (Wildman–Crippen LogP) is 2.49. The summed E-state index contributed by atoms with van der Waals surface area (Å²) >= 11 is 0. The normalized spacial score (nSPS) is 11.1. The van der Waals surface area contributed by atoms with Gasteiger partial charge in [-0.25, -0.2) is 0 Å². The van der Waals surface area contributed by atoms with Gasteiger partial charge in [-0.05, 0) is 36.6 Å². The molecule has 0 radical (unpaired) electrons. The minimum absolute atomic E-state index is 0. The fourth-order valence-corrected chi connectivity index (χ4v) is 3.73. The topological polar surface area (TPSA) is 86.7 Å². The van der Waals surface area contributed by atoms with Gasteiger partial charge in [-0.1, -0.05) is 81.9 Å². The molecule has 0 aliphatic heterocycles. The van der Waals surface area contributed by atoms with Crippen molar-refractivity contribution in [3.63, 3.8) is 0 Å². The van der Waals surface area contributed by atoms with Gasteiger partial charge in [0, 0.05) is 0 Å². The summed E-state index contributed by atoms with van der Waals surface area (Å²) in [6.07, 6.45) is 11.2. The number of benzene rings is 2. The second-order valence-electron chi connectivity index (χ2n) is 7.03. The van der Waals surface area contributed by atoms with Crippen LogP contribution in [-0.2, 0) is 16.5 Å². The quantitative estimate of drug-likeness (QED) is 0.319. The van der Waals surface area contributed by atoms with Crippen LogP contribution in [0.25, 0.3) is 0 Å². The van der Waals surface area contributed by atoms with E-state index in [-0.39, 0.29) is 35.3 Å². The maximum absolute atomic E-state index is 11.9. The van der Waals surface area contributed by atoms with Crippen molar-refractivity contribution in [3.05, 3.63) is 48.0 Å². The summed E-state index contributed by atoms with van der Waals surface area (Å²) in [5.74, 6) is -0.633. The zero-order valence-electron chi connectivity index (χ0n) is 17.4. The van der Waals surface area contributed by atoms with Gasteiger partial charge in [-0.15, -0.1) is 0 Å². The van der Waals surface area contributed by atoms with Crippen LogP contribution in [0, 0.1) is 0 Å². The smallest absolute Gasteiger partial charge is 0.870 e. The van der Waals surface area contributed by atoms with E-state index in [9.17, 15) is 18.1 Å². The van der Waals surface area contributed by atoms with Crippen LogP contribution < -0.4 is 39.4 Å². The van der Waals surface area contributed by atoms with Crippen molar-refractivity contribution < 1.29 is 52.4 Å². The molecule has 2 aromatic carbocycles. The van der Waals surface area contributed by atoms with Crippen molar-refractivity contribution in [1.29, 1.82) is 0 Å². The number of unbranched alkanes of at least 4 members (excludes halogenated alkanes) is 7. The van der Waals surface area contributed by atoms with Crippen molar-refractivity contribution in [1.82, 2.24) is 0 Å². The summed E-state index contributed by atoms with van der Waals surface area (Å²) in [6.45, 7) is 2.23. The van der Waals surface area contributed by atoms with E-state index in [0.717, 1.165) is 18.9 Å². The van der Waals surface area contributed by atoms with Gasteiger partial charge in [0.05, 0.1) is 0 Å². The predicted molar refractivity (Wildman–Crippen MR) is 109 cm³/mol. The zero-order chi connectivity index (χ0) is 20.4. The molecule has 0 saturated heterocycles. The molecule has 2 rings (SSSR count). The zero-order valence-corrected chi connectivity index (χ0v) is 20.2. The molecule has 5 nitrogen and oxygen atoms in total. The molecule has 0 atom stereocenters. The number of hydrogen-bond donors (Lipinski definition) is 1. The third-order valence-electron chi connectivity index (χ3n) is 4.68. The van der Waals surface area contributed by atoms with Crippen molar-refractivity contribution >= 4 is 10.1 Å². The first-order valence-corrected chi connectivity index (χ1v) is 11.4. The van der Waals surface area contributed by atoms with Gasteiger partial charge >= 0.3 is 29.6 Å². The molecule has 0 aliphatic carbocycles. The monoisotopic (exact) mass is 428 g/mol. The summed E-state index contributed by atoms with van der Waals surface area (Å²) in [7, 11) is -4.53. The van der Waals surface area contributed by atoms with Gasteiger partial charge in [0.2, 0.25) is 0 Å². The van der Waals surface area contributed by atoms with E-state index in [1.54, 1.807) is 12.1 Å². The summed E-state index contributed by atoms with van der Waals surface area (Å²) < 4.78 is 37.6. The molecule has 2 aromatic rings. The second-order valence-corrected chi connectivity index (χ2v) is 8.42. The van der Waals surface area contributed by atoms with E-state index in [0.29, 0.717) is 5.75 Å². The Labute approximate surface area is 196 Å². The van der Waals surface area contributed by atoms with E-state index < -0.39 is 20.8 Å². The van der Waals surface area contributed by atoms with Gasteiger partial charge in [0.15, 0.2) is 0 Å². The standard InChI is InChI=1S/C22H30O5S.Na/c1-2-3-4-5-6-7-8-9-11-18-14-16-19(17-15-18)27-22-20(23)12-10-13-21(22)28(24,25)26;/h10,12-17,23H,2-9,11H2,1H3,(H,24,25,26);/q;+1/p-1. The van der Waals surface area contributed by atoms with Crippen molar-refractivity contribution in [2.24, 2.45) is 0 Å². The van der Waals surface area contributed by atoms with Gasteiger partial charge < -0.3 is 9.84 Å². The Kier molecular flexibility index (Phi) is 11.9. The summed E-state index contributed by atoms with van der Waals surface area (Å²) in [5.41, 5.74) is 1.17. The molecule has 0 spiro atoms. The third kappa shape index (κ3) is 9.09. The largest absolute Gasteiger partial charge is 1.00 e. The maximum atomic E-state index is 11.9. The van der Waals surface area contributed by atoms with Crippen LogP contribution in [0.5, 0.6) is 17.2 Å². The van der Waals surface area contributed by atoms with Gasteiger partial charge in [-0.3, -0.25) is 4.55 Å². The molecular weight excluding hydrogens is 399 g/mol. The van der Waals surface area contributed by atoms with Gasteiger partial charge in [-0.2, -0.15) is 8.42 Å². The van der Waals surface area contributed by atoms with Crippen LogP contribution in [0.3, 0.4) is 0 Å². The molecule has 0 aromatic heterocycles. The SMILES string of the molecule is CCCCCCCCCCc1ccc(Oc2c([O-])cccc2S(=O)(=O)O)cc1.[Na+]. The number of aryl methyl sites for hydroxylation is 1. The molecule has 0 saturated carbocycles. The Morgan fingerprint density at radius 1 is 0.897 bits per heavy atom. The summed E-state index contributed by atoms with van der Waals surface area (Å²) in [4.78, 5) is -0.525. The molecule has 7 heteroatoms. The van der Waals surface area contributed by atoms with E-state index in [1.165, 1.54) is 62.6 Å². The number of ether oxygens (including phenoxy) is 1. The fraction of sp³-hybridized carbons (Fsp3) is 0.455. The van der Waals surface area contributed by atoms with Crippen LogP contribution in [0.1, 0.15) is 63.9 Å². The van der Waals surface area contributed by atoms with Crippen molar-refractivity contribution in [3.8, 4) is 17.2 Å². The Hall–Kier alpha value is -1.05. The Bertz CT molecular complexity index is 835. The van der Waals surface area contributed by atoms with Crippen molar-refractivity contribution in [2.75, 3.05) is 0 Å². The third-order valence-corrected chi connectivity index (χ3v) is 5.56. The van der Waals surface area contributed by atoms with Crippen LogP contribution in [0.4, 0.5) is 0 Å². The fourth-order valence-electron chi connectivity index (χ4n) is 3.10. The van der Waals surface area contributed by atoms with E-state index in [1.807, 2.05) is 12.1 Å². The van der Waals surface area contributed by atoms with E-state index in [2.05, 4.69) is 6.92 Å². The molecule has 0 amide bonds. The summed E-state index contributed by atoms with van der Waals surface area (Å²) in [6, 6.07) is 10.9. The van der Waals surface area contributed by atoms with Gasteiger partial charge in [0.1, 0.15) is 16.4 Å². The second kappa shape index (κ2) is 13.3. The van der Waals surface area contributed by atoms with E-state index in [4.69, 9.17) is 4.74 Å². The molecule has 0 unspecified atom stereocenters. The number of hydrogen-bond acceptors (Lipinski definition) is 4. The minimum atomic E-state index is -4.53. The Morgan fingerprint density at radius 3 is 2.07 bits per heavy atom. The van der Waals surface area contributed by atoms with Crippen molar-refractivity contribution in [2.45, 2.75) is 69.6 Å². The van der Waals surface area contributed by atoms with Crippen LogP contribution >= 0.6 is 0 Å². The first-order valence-electron chi connectivity index (χ1n) is 9.96. The average Bonchev–Trinajstić information content (AvgIpc) is 2.66. The van der Waals surface area contributed by atoms with Gasteiger partial charge in [0.25, 0.3) is 10.1 Å². The average molecular weight is 429 g/mol. The van der Waals surface area contributed by atoms with Crippen LogP contribution in [-0.4, -0.2) is 13.0 Å². The molecule has 154 valence electrons. The van der Waals surface area contributed by atoms with Crippen LogP contribution in [0.15, 0.2) is 47.4 Å². The first-order chi connectivity index (χ1) is 13.4. The molecule has 1 N–H and O–H groups in total. The molecule has 0 heterocycles. The molecular formula is C22H29NaO5S. The maximum Gasteiger partial charge on any atom is 1.00 e. The first kappa shape index (κ1) is 26.0. The van der Waals surface area contributed by atoms with Crippen LogP contribution in [0.2, 0.25) is 0 Å². The summed E-state index contributed by atoms with van der Waals surface area (Å²) in [5, 5.41) is 11.9. The number of rotatable bonds is 12. The Balaban J connectivity index is 0.00000420. The minimum Gasteiger partial charge on any atom is -0.870 e. The number of para-hydroxylation sites is 1. The van der Waals surface area contributed by atoms with E-state index >= 15 is 0 Å².